The fourth-order valence-corrected chi connectivity index (χ4v) is 8.23. The van der Waals surface area contributed by atoms with E-state index in [0.717, 1.165) is 44.9 Å². The second-order valence-corrected chi connectivity index (χ2v) is 18.3. The predicted molar refractivity (Wildman–Crippen MR) is 241 cm³/mol. The molecule has 0 saturated heterocycles. The van der Waals surface area contributed by atoms with Gasteiger partial charge in [-0.05, 0) is 38.5 Å². The van der Waals surface area contributed by atoms with Crippen molar-refractivity contribution in [1.29, 1.82) is 0 Å². The lowest BCUT2D eigenvalue weighted by Crippen LogP contribution is -2.47. The van der Waals surface area contributed by atoms with E-state index >= 15 is 0 Å². The van der Waals surface area contributed by atoms with E-state index < -0.39 is 32.0 Å². The first-order valence-corrected chi connectivity index (χ1v) is 25.9. The third-order valence-electron chi connectivity index (χ3n) is 11.2. The first-order chi connectivity index (χ1) is 27.8. The molecule has 4 atom stereocenters. The summed E-state index contributed by atoms with van der Waals surface area (Å²) < 4.78 is 22.2. The lowest BCUT2D eigenvalue weighted by molar-refractivity contribution is -0.125. The maximum Gasteiger partial charge on any atom is 0.472 e. The second kappa shape index (κ2) is 43.3. The van der Waals surface area contributed by atoms with Crippen LogP contribution in [-0.4, -0.2) is 59.0 Å². The fraction of sp³-hybridized carbons (Fsp3) is 0.936. The lowest BCUT2D eigenvalue weighted by atomic mass is 10.0. The zero-order chi connectivity index (χ0) is 41.9. The van der Waals surface area contributed by atoms with Gasteiger partial charge in [-0.25, -0.2) is 4.57 Å². The molecule has 0 spiro atoms. The van der Waals surface area contributed by atoms with Gasteiger partial charge in [0.25, 0.3) is 0 Å². The van der Waals surface area contributed by atoms with E-state index in [-0.39, 0.29) is 26.2 Å². The highest BCUT2D eigenvalue weighted by atomic mass is 31.2. The van der Waals surface area contributed by atoms with Crippen LogP contribution in [0.25, 0.3) is 0 Å². The zero-order valence-corrected chi connectivity index (χ0v) is 38.4. The molecule has 0 rings (SSSR count). The van der Waals surface area contributed by atoms with Crippen LogP contribution in [-0.2, 0) is 18.4 Å². The standard InChI is InChI=1S/C47H95N2O7P/c1-3-5-7-9-11-13-15-17-19-20-21-22-23-24-25-26-28-30-32-34-36-38-44(50)42-47(52)49-45(43-56-57(53,54)55-41-40-48)46(51)39-37-35-33-31-29-27-18-16-14-12-10-8-6-4-2/h24-25,44-46,50-51H,3-23,26-43,48H2,1-2H3,(H,49,52)(H,53,54)/b25-24-. The quantitative estimate of drug-likeness (QED) is 0.0231. The molecule has 0 aromatic heterocycles. The van der Waals surface area contributed by atoms with Gasteiger partial charge < -0.3 is 26.2 Å². The van der Waals surface area contributed by atoms with Gasteiger partial charge in [-0.1, -0.05) is 212 Å². The summed E-state index contributed by atoms with van der Waals surface area (Å²) >= 11 is 0. The normalized spacial score (nSPS) is 14.6. The molecule has 0 heterocycles. The van der Waals surface area contributed by atoms with Gasteiger partial charge in [0, 0.05) is 6.54 Å². The number of hydrogen-bond donors (Lipinski definition) is 5. The highest BCUT2D eigenvalue weighted by Gasteiger charge is 2.28. The van der Waals surface area contributed by atoms with Crippen molar-refractivity contribution >= 4 is 13.7 Å². The number of unbranched alkanes of at least 4 members (excludes halogenated alkanes) is 30. The van der Waals surface area contributed by atoms with Crippen LogP contribution in [0.5, 0.6) is 0 Å². The highest BCUT2D eigenvalue weighted by molar-refractivity contribution is 7.47. The number of rotatable bonds is 46. The number of hydrogen-bond acceptors (Lipinski definition) is 7. The van der Waals surface area contributed by atoms with E-state index in [0.29, 0.717) is 12.8 Å². The molecule has 0 fully saturated rings. The molecule has 0 radical (unpaired) electrons. The molecule has 0 aliphatic heterocycles. The average Bonchev–Trinajstić information content (AvgIpc) is 3.19. The van der Waals surface area contributed by atoms with Crippen molar-refractivity contribution in [2.24, 2.45) is 5.73 Å². The van der Waals surface area contributed by atoms with E-state index in [1.807, 2.05) is 0 Å². The van der Waals surface area contributed by atoms with Crippen molar-refractivity contribution in [1.82, 2.24) is 5.32 Å². The molecule has 0 aromatic carbocycles. The molecule has 0 aliphatic rings. The molecule has 1 amide bonds. The molecule has 6 N–H and O–H groups in total. The summed E-state index contributed by atoms with van der Waals surface area (Å²) in [5, 5.41) is 24.2. The number of aliphatic hydroxyl groups excluding tert-OH is 2. The van der Waals surface area contributed by atoms with E-state index in [4.69, 9.17) is 14.8 Å². The summed E-state index contributed by atoms with van der Waals surface area (Å²) in [7, 11) is -4.38. The highest BCUT2D eigenvalue weighted by Crippen LogP contribution is 2.43. The minimum Gasteiger partial charge on any atom is -0.393 e. The molecule has 0 saturated carbocycles. The summed E-state index contributed by atoms with van der Waals surface area (Å²) in [5.41, 5.74) is 5.38. The van der Waals surface area contributed by atoms with Gasteiger partial charge in [0.15, 0.2) is 0 Å². The maximum absolute atomic E-state index is 12.9. The lowest BCUT2D eigenvalue weighted by Gasteiger charge is -2.25. The van der Waals surface area contributed by atoms with Crippen LogP contribution < -0.4 is 11.1 Å². The Labute approximate surface area is 352 Å². The van der Waals surface area contributed by atoms with Crippen molar-refractivity contribution in [2.75, 3.05) is 19.8 Å². The van der Waals surface area contributed by atoms with Crippen molar-refractivity contribution in [3.05, 3.63) is 12.2 Å². The Hall–Kier alpha value is -0.800. The smallest absolute Gasteiger partial charge is 0.393 e. The Kier molecular flexibility index (Phi) is 42.7. The fourth-order valence-electron chi connectivity index (χ4n) is 7.47. The number of carbonyl (C=O) groups excluding carboxylic acids is 1. The number of allylic oxidation sites excluding steroid dienone is 2. The van der Waals surface area contributed by atoms with Crippen molar-refractivity contribution < 1.29 is 33.5 Å². The average molecular weight is 831 g/mol. The largest absolute Gasteiger partial charge is 0.472 e. The van der Waals surface area contributed by atoms with Crippen LogP contribution in [0.2, 0.25) is 0 Å². The molecule has 10 heteroatoms. The maximum atomic E-state index is 12.9. The Bertz CT molecular complexity index is 924. The number of carbonyl (C=O) groups is 1. The topological polar surface area (TPSA) is 151 Å². The number of nitrogens with two attached hydrogens (primary N) is 1. The summed E-state index contributed by atoms with van der Waals surface area (Å²) in [6.45, 7) is 4.07. The van der Waals surface area contributed by atoms with Crippen molar-refractivity contribution in [3.8, 4) is 0 Å². The Morgan fingerprint density at radius 2 is 0.947 bits per heavy atom. The molecule has 4 unspecified atom stereocenters. The minimum absolute atomic E-state index is 0.0601. The van der Waals surface area contributed by atoms with Crippen LogP contribution in [0.1, 0.15) is 245 Å². The van der Waals surface area contributed by atoms with Crippen LogP contribution in [0.15, 0.2) is 12.2 Å². The predicted octanol–water partition coefficient (Wildman–Crippen LogP) is 12.9. The summed E-state index contributed by atoms with van der Waals surface area (Å²) in [5.74, 6) is -0.415. The molecular formula is C47H95N2O7P. The molecule has 0 aliphatic carbocycles. The van der Waals surface area contributed by atoms with Crippen LogP contribution in [0.4, 0.5) is 0 Å². The Balaban J connectivity index is 4.14. The summed E-state index contributed by atoms with van der Waals surface area (Å²) in [4.78, 5) is 22.8. The van der Waals surface area contributed by atoms with Crippen LogP contribution in [0, 0.1) is 0 Å². The second-order valence-electron chi connectivity index (χ2n) is 16.9. The SMILES string of the molecule is CCCCCCCCCCCCCC/C=C\CCCCCCCC(O)CC(=O)NC(COP(=O)(O)OCCN)C(O)CCCCCCCCCCCCCCCC. The van der Waals surface area contributed by atoms with Crippen LogP contribution in [0.3, 0.4) is 0 Å². The third kappa shape index (κ3) is 41.7. The van der Waals surface area contributed by atoms with Gasteiger partial charge >= 0.3 is 7.82 Å². The molecule has 9 nitrogen and oxygen atoms in total. The van der Waals surface area contributed by atoms with Gasteiger partial charge in [0.1, 0.15) is 0 Å². The first-order valence-electron chi connectivity index (χ1n) is 24.4. The number of aliphatic hydroxyl groups is 2. The van der Waals surface area contributed by atoms with Gasteiger partial charge in [-0.15, -0.1) is 0 Å². The summed E-state index contributed by atoms with van der Waals surface area (Å²) in [6.07, 6.45) is 45.5. The van der Waals surface area contributed by atoms with Crippen molar-refractivity contribution in [3.63, 3.8) is 0 Å². The number of phosphoric ester groups is 1. The number of phosphoric acid groups is 1. The van der Waals surface area contributed by atoms with Crippen molar-refractivity contribution in [2.45, 2.75) is 263 Å². The Morgan fingerprint density at radius 3 is 1.35 bits per heavy atom. The minimum atomic E-state index is -4.38. The van der Waals surface area contributed by atoms with Gasteiger partial charge in [0.2, 0.25) is 5.91 Å². The number of amides is 1. The van der Waals surface area contributed by atoms with E-state index in [1.54, 1.807) is 0 Å². The summed E-state index contributed by atoms with van der Waals surface area (Å²) in [6, 6.07) is -0.896. The zero-order valence-electron chi connectivity index (χ0n) is 37.5. The molecule has 0 aromatic rings. The van der Waals surface area contributed by atoms with Gasteiger partial charge in [0.05, 0.1) is 37.9 Å². The number of nitrogens with one attached hydrogen (secondary N) is 1. The molecular weight excluding hydrogens is 735 g/mol. The van der Waals surface area contributed by atoms with Gasteiger partial charge in [-0.2, -0.15) is 0 Å². The third-order valence-corrected chi connectivity index (χ3v) is 12.2. The Morgan fingerprint density at radius 1 is 0.579 bits per heavy atom. The van der Waals surface area contributed by atoms with Crippen LogP contribution >= 0.6 is 7.82 Å². The molecule has 340 valence electrons. The molecule has 0 bridgehead atoms. The van der Waals surface area contributed by atoms with E-state index in [9.17, 15) is 24.5 Å². The monoisotopic (exact) mass is 831 g/mol. The molecule has 57 heavy (non-hydrogen) atoms. The van der Waals surface area contributed by atoms with E-state index in [2.05, 4.69) is 31.3 Å². The first kappa shape index (κ1) is 56.2. The van der Waals surface area contributed by atoms with Gasteiger partial charge in [-0.3, -0.25) is 13.8 Å². The van der Waals surface area contributed by atoms with E-state index in [1.165, 1.54) is 167 Å².